The molecule has 0 aliphatic carbocycles. The van der Waals surface area contributed by atoms with Crippen molar-refractivity contribution in [3.8, 4) is 5.75 Å². The zero-order valence-corrected chi connectivity index (χ0v) is 18.6. The summed E-state index contributed by atoms with van der Waals surface area (Å²) < 4.78 is 10.9. The highest BCUT2D eigenvalue weighted by Gasteiger charge is 2.27. The molecule has 1 aromatic carbocycles. The van der Waals surface area contributed by atoms with Gasteiger partial charge >= 0.3 is 6.03 Å². The minimum atomic E-state index is -0.0645. The number of urea groups is 1. The Morgan fingerprint density at radius 1 is 1.30 bits per heavy atom. The number of aromatic nitrogens is 1. The van der Waals surface area contributed by atoms with Crippen molar-refractivity contribution in [1.82, 2.24) is 20.3 Å². The summed E-state index contributed by atoms with van der Waals surface area (Å²) in [4.78, 5) is 17.3. The van der Waals surface area contributed by atoms with Gasteiger partial charge in [0.1, 0.15) is 17.2 Å². The molecule has 164 valence electrons. The van der Waals surface area contributed by atoms with Crippen LogP contribution in [-0.2, 0) is 13.1 Å². The van der Waals surface area contributed by atoms with E-state index in [4.69, 9.17) is 9.26 Å². The molecule has 0 saturated carbocycles. The van der Waals surface area contributed by atoms with Gasteiger partial charge in [0.15, 0.2) is 0 Å². The molecule has 7 nitrogen and oxygen atoms in total. The molecule has 1 aliphatic heterocycles. The van der Waals surface area contributed by atoms with Crippen LogP contribution < -0.4 is 10.1 Å². The second-order valence-corrected chi connectivity index (χ2v) is 8.60. The molecule has 30 heavy (non-hydrogen) atoms. The number of amides is 2. The van der Waals surface area contributed by atoms with Crippen LogP contribution in [0.2, 0.25) is 0 Å². The van der Waals surface area contributed by atoms with Gasteiger partial charge in [0.05, 0.1) is 13.2 Å². The Labute approximate surface area is 179 Å². The van der Waals surface area contributed by atoms with E-state index in [0.717, 1.165) is 48.7 Å². The Kier molecular flexibility index (Phi) is 7.74. The number of nitrogens with zero attached hydrogens (tertiary/aromatic N) is 3. The maximum absolute atomic E-state index is 13.1. The van der Waals surface area contributed by atoms with E-state index in [1.54, 1.807) is 0 Å². The molecule has 1 fully saturated rings. The van der Waals surface area contributed by atoms with Crippen LogP contribution in [0.1, 0.15) is 43.7 Å². The second kappa shape index (κ2) is 10.5. The van der Waals surface area contributed by atoms with Crippen molar-refractivity contribution < 1.29 is 14.1 Å². The number of rotatable bonds is 8. The molecule has 0 atom stereocenters. The number of carbonyl (C=O) groups is 1. The Bertz CT molecular complexity index is 795. The van der Waals surface area contributed by atoms with Gasteiger partial charge in [0, 0.05) is 18.7 Å². The van der Waals surface area contributed by atoms with E-state index in [0.29, 0.717) is 25.6 Å². The number of piperidine rings is 1. The highest BCUT2D eigenvalue weighted by Crippen LogP contribution is 2.19. The standard InChI is InChI=1S/C23H34N4O3/c1-17(2)16-29-22-7-5-19(6-8-22)14-24-23(28)27(15-20-13-18(3)30-25-20)21-9-11-26(4)12-10-21/h5-8,13,17,21H,9-12,14-16H2,1-4H3,(H,24,28). The highest BCUT2D eigenvalue weighted by molar-refractivity contribution is 5.74. The second-order valence-electron chi connectivity index (χ2n) is 8.60. The lowest BCUT2D eigenvalue weighted by molar-refractivity contribution is 0.125. The third kappa shape index (κ3) is 6.49. The fourth-order valence-corrected chi connectivity index (χ4v) is 3.59. The van der Waals surface area contributed by atoms with Gasteiger partial charge in [0.25, 0.3) is 0 Å². The normalized spacial score (nSPS) is 15.4. The van der Waals surface area contributed by atoms with Crippen LogP contribution in [0.3, 0.4) is 0 Å². The van der Waals surface area contributed by atoms with Gasteiger partial charge in [-0.2, -0.15) is 0 Å². The van der Waals surface area contributed by atoms with Gasteiger partial charge in [-0.15, -0.1) is 0 Å². The van der Waals surface area contributed by atoms with Crippen LogP contribution in [0.15, 0.2) is 34.9 Å². The first-order valence-corrected chi connectivity index (χ1v) is 10.8. The first-order valence-electron chi connectivity index (χ1n) is 10.8. The maximum atomic E-state index is 13.1. The summed E-state index contributed by atoms with van der Waals surface area (Å²) in [5.74, 6) is 2.10. The van der Waals surface area contributed by atoms with Crippen molar-refractivity contribution in [2.24, 2.45) is 5.92 Å². The van der Waals surface area contributed by atoms with Crippen LogP contribution >= 0.6 is 0 Å². The number of likely N-dealkylation sites (tertiary alicyclic amines) is 1. The summed E-state index contributed by atoms with van der Waals surface area (Å²) >= 11 is 0. The van der Waals surface area contributed by atoms with Gasteiger partial charge < -0.3 is 24.4 Å². The Hall–Kier alpha value is -2.54. The summed E-state index contributed by atoms with van der Waals surface area (Å²) in [6.07, 6.45) is 1.92. The van der Waals surface area contributed by atoms with E-state index in [2.05, 4.69) is 36.3 Å². The summed E-state index contributed by atoms with van der Waals surface area (Å²) in [5.41, 5.74) is 1.83. The largest absolute Gasteiger partial charge is 0.493 e. The predicted octanol–water partition coefficient (Wildman–Crippen LogP) is 3.82. The number of hydrogen-bond acceptors (Lipinski definition) is 5. The van der Waals surface area contributed by atoms with Crippen LogP contribution in [0.4, 0.5) is 4.79 Å². The average Bonchev–Trinajstić information content (AvgIpc) is 3.15. The van der Waals surface area contributed by atoms with Gasteiger partial charge in [-0.1, -0.05) is 31.1 Å². The third-order valence-electron chi connectivity index (χ3n) is 5.35. The molecule has 7 heteroatoms. The minimum absolute atomic E-state index is 0.0645. The first-order chi connectivity index (χ1) is 14.4. The SMILES string of the molecule is Cc1cc(CN(C(=O)NCc2ccc(OCC(C)C)cc2)C2CCN(C)CC2)no1. The Morgan fingerprint density at radius 3 is 2.60 bits per heavy atom. The molecule has 1 N–H and O–H groups in total. The van der Waals surface area contributed by atoms with Crippen molar-refractivity contribution in [3.63, 3.8) is 0 Å². The number of benzene rings is 1. The van der Waals surface area contributed by atoms with Crippen LogP contribution in [-0.4, -0.2) is 53.8 Å². The lowest BCUT2D eigenvalue weighted by atomic mass is 10.0. The smallest absolute Gasteiger partial charge is 0.318 e. The first kappa shape index (κ1) is 22.2. The van der Waals surface area contributed by atoms with Gasteiger partial charge in [-0.05, 0) is 63.5 Å². The molecule has 2 heterocycles. The Balaban J connectivity index is 1.59. The van der Waals surface area contributed by atoms with E-state index in [1.807, 2.05) is 42.2 Å². The number of ether oxygens (including phenoxy) is 1. The van der Waals surface area contributed by atoms with Crippen LogP contribution in [0.5, 0.6) is 5.75 Å². The summed E-state index contributed by atoms with van der Waals surface area (Å²) in [6.45, 7) is 9.73. The molecule has 0 unspecified atom stereocenters. The zero-order valence-electron chi connectivity index (χ0n) is 18.6. The fraction of sp³-hybridized carbons (Fsp3) is 0.565. The van der Waals surface area contributed by atoms with Crippen LogP contribution in [0, 0.1) is 12.8 Å². The molecule has 0 spiro atoms. The van der Waals surface area contributed by atoms with Crippen molar-refractivity contribution in [1.29, 1.82) is 0 Å². The molecule has 0 bridgehead atoms. The topological polar surface area (TPSA) is 70.8 Å². The van der Waals surface area contributed by atoms with Crippen molar-refractivity contribution in [3.05, 3.63) is 47.3 Å². The fourth-order valence-electron chi connectivity index (χ4n) is 3.59. The minimum Gasteiger partial charge on any atom is -0.493 e. The van der Waals surface area contributed by atoms with Crippen molar-refractivity contribution in [2.45, 2.75) is 52.7 Å². The van der Waals surface area contributed by atoms with E-state index in [9.17, 15) is 4.79 Å². The maximum Gasteiger partial charge on any atom is 0.318 e. The number of nitrogens with one attached hydrogen (secondary N) is 1. The highest BCUT2D eigenvalue weighted by atomic mass is 16.5. The Morgan fingerprint density at radius 2 is 2.00 bits per heavy atom. The molecule has 0 radical (unpaired) electrons. The monoisotopic (exact) mass is 414 g/mol. The van der Waals surface area contributed by atoms with E-state index in [-0.39, 0.29) is 12.1 Å². The average molecular weight is 415 g/mol. The van der Waals surface area contributed by atoms with E-state index < -0.39 is 0 Å². The zero-order chi connectivity index (χ0) is 21.5. The van der Waals surface area contributed by atoms with Gasteiger partial charge in [-0.3, -0.25) is 0 Å². The lowest BCUT2D eigenvalue weighted by Gasteiger charge is -2.37. The lowest BCUT2D eigenvalue weighted by Crippen LogP contribution is -2.49. The van der Waals surface area contributed by atoms with E-state index >= 15 is 0 Å². The van der Waals surface area contributed by atoms with Crippen molar-refractivity contribution in [2.75, 3.05) is 26.7 Å². The molecule has 2 amide bonds. The van der Waals surface area contributed by atoms with Crippen molar-refractivity contribution >= 4 is 6.03 Å². The third-order valence-corrected chi connectivity index (χ3v) is 5.35. The summed E-state index contributed by atoms with van der Waals surface area (Å²) in [7, 11) is 2.12. The molecule has 1 aromatic heterocycles. The molecular formula is C23H34N4O3. The molecule has 1 saturated heterocycles. The number of aryl methyl sites for hydroxylation is 1. The molecular weight excluding hydrogens is 380 g/mol. The number of hydrogen-bond donors (Lipinski definition) is 1. The summed E-state index contributed by atoms with van der Waals surface area (Å²) in [6, 6.07) is 9.93. The predicted molar refractivity (Wildman–Crippen MR) is 116 cm³/mol. The number of carbonyl (C=O) groups excluding carboxylic acids is 1. The molecule has 2 aromatic rings. The van der Waals surface area contributed by atoms with Gasteiger partial charge in [0.2, 0.25) is 0 Å². The van der Waals surface area contributed by atoms with Crippen LogP contribution in [0.25, 0.3) is 0 Å². The van der Waals surface area contributed by atoms with E-state index in [1.165, 1.54) is 0 Å². The molecule has 3 rings (SSSR count). The van der Waals surface area contributed by atoms with Gasteiger partial charge in [-0.25, -0.2) is 4.79 Å². The quantitative estimate of drug-likeness (QED) is 0.711. The molecule has 1 aliphatic rings. The summed E-state index contributed by atoms with van der Waals surface area (Å²) in [5, 5.41) is 7.16.